The van der Waals surface area contributed by atoms with Gasteiger partial charge in [-0.05, 0) is 31.0 Å². The normalized spacial score (nSPS) is 13.6. The molecule has 0 bridgehead atoms. The fraction of sp³-hybridized carbons (Fsp3) is 0.429. The lowest BCUT2D eigenvalue weighted by Crippen LogP contribution is -2.49. The van der Waals surface area contributed by atoms with E-state index >= 15 is 0 Å². The molecule has 1 unspecified atom stereocenters. The minimum absolute atomic E-state index is 0.0254. The monoisotopic (exact) mass is 311 g/mol. The standard InChI is InChI=1S/C14H18ClN3OS/c1-9(2)14(3,8-16)18-13(19)7-20-12-6-10(17)4-5-11(12)15/h4-6,9H,7,17H2,1-3H3,(H,18,19). The molecule has 1 aromatic rings. The second kappa shape index (κ2) is 6.87. The molecule has 4 nitrogen and oxygen atoms in total. The van der Waals surface area contributed by atoms with E-state index in [1.165, 1.54) is 11.8 Å². The molecule has 20 heavy (non-hydrogen) atoms. The number of nitrogens with zero attached hydrogens (tertiary/aromatic N) is 1. The summed E-state index contributed by atoms with van der Waals surface area (Å²) in [5.74, 6) is 0.0105. The molecule has 6 heteroatoms. The van der Waals surface area contributed by atoms with Crippen molar-refractivity contribution in [3.05, 3.63) is 23.2 Å². The van der Waals surface area contributed by atoms with Gasteiger partial charge in [0.2, 0.25) is 5.91 Å². The third-order valence-electron chi connectivity index (χ3n) is 3.10. The first-order valence-electron chi connectivity index (χ1n) is 6.18. The molecule has 0 aliphatic carbocycles. The van der Waals surface area contributed by atoms with Crippen LogP contribution < -0.4 is 11.1 Å². The maximum atomic E-state index is 11.9. The zero-order valence-corrected chi connectivity index (χ0v) is 13.3. The summed E-state index contributed by atoms with van der Waals surface area (Å²) >= 11 is 7.33. The molecule has 108 valence electrons. The van der Waals surface area contributed by atoms with Crippen molar-refractivity contribution in [3.63, 3.8) is 0 Å². The second-order valence-corrected chi connectivity index (χ2v) is 6.42. The Bertz CT molecular complexity index is 542. The number of amides is 1. The molecule has 3 N–H and O–H groups in total. The van der Waals surface area contributed by atoms with Crippen LogP contribution in [-0.2, 0) is 4.79 Å². The number of benzene rings is 1. The van der Waals surface area contributed by atoms with Gasteiger partial charge in [-0.25, -0.2) is 0 Å². The first kappa shape index (κ1) is 16.7. The van der Waals surface area contributed by atoms with Crippen LogP contribution in [0, 0.1) is 17.2 Å². The molecule has 0 saturated carbocycles. The first-order chi connectivity index (χ1) is 9.28. The molecule has 0 aromatic heterocycles. The third-order valence-corrected chi connectivity index (χ3v) is 4.60. The number of nitrogens with two attached hydrogens (primary N) is 1. The number of nitrogen functional groups attached to an aromatic ring is 1. The molecule has 0 spiro atoms. The Morgan fingerprint density at radius 2 is 2.25 bits per heavy atom. The molecular formula is C14H18ClN3OS. The molecule has 1 aromatic carbocycles. The predicted molar refractivity (Wildman–Crippen MR) is 83.6 cm³/mol. The number of rotatable bonds is 5. The van der Waals surface area contributed by atoms with Crippen LogP contribution in [0.4, 0.5) is 5.69 Å². The van der Waals surface area contributed by atoms with E-state index in [-0.39, 0.29) is 17.6 Å². The van der Waals surface area contributed by atoms with Crippen molar-refractivity contribution in [2.24, 2.45) is 5.92 Å². The van der Waals surface area contributed by atoms with Gasteiger partial charge < -0.3 is 11.1 Å². The molecule has 1 rings (SSSR count). The fourth-order valence-electron chi connectivity index (χ4n) is 1.40. The van der Waals surface area contributed by atoms with Gasteiger partial charge in [0.1, 0.15) is 5.54 Å². The van der Waals surface area contributed by atoms with Crippen molar-refractivity contribution in [1.82, 2.24) is 5.32 Å². The average Bonchev–Trinajstić information content (AvgIpc) is 2.39. The summed E-state index contributed by atoms with van der Waals surface area (Å²) in [6.45, 7) is 5.50. The molecule has 0 aliphatic heterocycles. The maximum absolute atomic E-state index is 11.9. The predicted octanol–water partition coefficient (Wildman–Crippen LogP) is 3.07. The lowest BCUT2D eigenvalue weighted by Gasteiger charge is -2.27. The van der Waals surface area contributed by atoms with Crippen molar-refractivity contribution < 1.29 is 4.79 Å². The molecule has 1 amide bonds. The van der Waals surface area contributed by atoms with E-state index in [1.54, 1.807) is 25.1 Å². The minimum atomic E-state index is -0.864. The highest BCUT2D eigenvalue weighted by atomic mass is 35.5. The van der Waals surface area contributed by atoms with Gasteiger partial charge in [-0.1, -0.05) is 25.4 Å². The van der Waals surface area contributed by atoms with Gasteiger partial charge in [0.25, 0.3) is 0 Å². The Morgan fingerprint density at radius 3 is 2.80 bits per heavy atom. The van der Waals surface area contributed by atoms with Crippen LogP contribution in [0.3, 0.4) is 0 Å². The number of anilines is 1. The molecule has 0 radical (unpaired) electrons. The van der Waals surface area contributed by atoms with Crippen LogP contribution in [0.5, 0.6) is 0 Å². The van der Waals surface area contributed by atoms with E-state index in [1.807, 2.05) is 13.8 Å². The average molecular weight is 312 g/mol. The van der Waals surface area contributed by atoms with E-state index in [2.05, 4.69) is 11.4 Å². The van der Waals surface area contributed by atoms with Gasteiger partial charge >= 0.3 is 0 Å². The highest BCUT2D eigenvalue weighted by Crippen LogP contribution is 2.29. The summed E-state index contributed by atoms with van der Waals surface area (Å²) in [5.41, 5.74) is 5.42. The van der Waals surface area contributed by atoms with Crippen molar-refractivity contribution >= 4 is 35.0 Å². The van der Waals surface area contributed by atoms with Gasteiger partial charge in [-0.3, -0.25) is 4.79 Å². The molecule has 0 saturated heterocycles. The van der Waals surface area contributed by atoms with Gasteiger partial charge in [-0.2, -0.15) is 5.26 Å². The number of hydrogen-bond acceptors (Lipinski definition) is 4. The smallest absolute Gasteiger partial charge is 0.231 e. The van der Waals surface area contributed by atoms with Crippen molar-refractivity contribution in [3.8, 4) is 6.07 Å². The molecule has 0 aliphatic rings. The number of thioether (sulfide) groups is 1. The van der Waals surface area contributed by atoms with E-state index in [0.717, 1.165) is 4.90 Å². The molecule has 0 heterocycles. The van der Waals surface area contributed by atoms with Crippen LogP contribution in [0.25, 0.3) is 0 Å². The van der Waals surface area contributed by atoms with Crippen molar-refractivity contribution in [2.45, 2.75) is 31.2 Å². The second-order valence-electron chi connectivity index (χ2n) is 5.00. The summed E-state index contributed by atoms with van der Waals surface area (Å²) in [5, 5.41) is 12.5. The fourth-order valence-corrected chi connectivity index (χ4v) is 2.47. The first-order valence-corrected chi connectivity index (χ1v) is 7.55. The van der Waals surface area contributed by atoms with Gasteiger partial charge in [0.05, 0.1) is 16.8 Å². The van der Waals surface area contributed by atoms with E-state index in [0.29, 0.717) is 10.7 Å². The lowest BCUT2D eigenvalue weighted by atomic mass is 9.90. The maximum Gasteiger partial charge on any atom is 0.231 e. The Balaban J connectivity index is 2.65. The number of nitriles is 1. The highest BCUT2D eigenvalue weighted by molar-refractivity contribution is 8.00. The molecular weight excluding hydrogens is 294 g/mol. The zero-order chi connectivity index (χ0) is 15.3. The largest absolute Gasteiger partial charge is 0.399 e. The zero-order valence-electron chi connectivity index (χ0n) is 11.7. The molecule has 1 atom stereocenters. The Morgan fingerprint density at radius 1 is 1.60 bits per heavy atom. The van der Waals surface area contributed by atoms with Crippen molar-refractivity contribution in [2.75, 3.05) is 11.5 Å². The summed E-state index contributed by atoms with van der Waals surface area (Å²) in [7, 11) is 0. The number of carbonyl (C=O) groups excluding carboxylic acids is 1. The SMILES string of the molecule is CC(C)C(C)(C#N)NC(=O)CSc1cc(N)ccc1Cl. The number of carbonyl (C=O) groups is 1. The van der Waals surface area contributed by atoms with E-state index in [9.17, 15) is 4.79 Å². The van der Waals surface area contributed by atoms with Crippen LogP contribution in [0.2, 0.25) is 5.02 Å². The quantitative estimate of drug-likeness (QED) is 0.647. The van der Waals surface area contributed by atoms with Crippen LogP contribution >= 0.6 is 23.4 Å². The van der Waals surface area contributed by atoms with E-state index < -0.39 is 5.54 Å². The number of hydrogen-bond donors (Lipinski definition) is 2. The Hall–Kier alpha value is -1.38. The summed E-state index contributed by atoms with van der Waals surface area (Å²) in [4.78, 5) is 12.7. The number of nitrogens with one attached hydrogen (secondary N) is 1. The number of halogens is 1. The van der Waals surface area contributed by atoms with Crippen LogP contribution in [0.15, 0.2) is 23.1 Å². The third kappa shape index (κ3) is 4.32. The molecule has 0 fully saturated rings. The Labute approximate surface area is 128 Å². The Kier molecular flexibility index (Phi) is 5.73. The van der Waals surface area contributed by atoms with Crippen molar-refractivity contribution in [1.29, 1.82) is 5.26 Å². The lowest BCUT2D eigenvalue weighted by molar-refractivity contribution is -0.120. The summed E-state index contributed by atoms with van der Waals surface area (Å²) < 4.78 is 0. The van der Waals surface area contributed by atoms with Gasteiger partial charge in [-0.15, -0.1) is 11.8 Å². The van der Waals surface area contributed by atoms with Crippen LogP contribution in [0.1, 0.15) is 20.8 Å². The topological polar surface area (TPSA) is 78.9 Å². The van der Waals surface area contributed by atoms with Gasteiger partial charge in [0.15, 0.2) is 0 Å². The van der Waals surface area contributed by atoms with E-state index in [4.69, 9.17) is 22.6 Å². The summed E-state index contributed by atoms with van der Waals surface area (Å²) in [6, 6.07) is 7.27. The van der Waals surface area contributed by atoms with Crippen LogP contribution in [-0.4, -0.2) is 17.2 Å². The summed E-state index contributed by atoms with van der Waals surface area (Å²) in [6.07, 6.45) is 0. The van der Waals surface area contributed by atoms with Gasteiger partial charge in [0, 0.05) is 10.6 Å². The minimum Gasteiger partial charge on any atom is -0.399 e. The highest BCUT2D eigenvalue weighted by Gasteiger charge is 2.29.